The monoisotopic (exact) mass is 341 g/mol. The minimum atomic E-state index is -0.605. The summed E-state index contributed by atoms with van der Waals surface area (Å²) in [4.78, 5) is 23.8. The average Bonchev–Trinajstić information content (AvgIpc) is 2.59. The van der Waals surface area contributed by atoms with Crippen LogP contribution in [0.2, 0.25) is 0 Å². The molecule has 5 nitrogen and oxygen atoms in total. The molecule has 0 unspecified atom stereocenters. The van der Waals surface area contributed by atoms with Crippen molar-refractivity contribution in [3.05, 3.63) is 65.7 Å². The van der Waals surface area contributed by atoms with Gasteiger partial charge in [-0.2, -0.15) is 0 Å². The zero-order valence-electron chi connectivity index (χ0n) is 13.3. The Labute approximate surface area is 145 Å². The van der Waals surface area contributed by atoms with Crippen molar-refractivity contribution in [2.24, 2.45) is 5.73 Å². The van der Waals surface area contributed by atoms with E-state index < -0.39 is 6.03 Å². The van der Waals surface area contributed by atoms with Crippen molar-refractivity contribution >= 4 is 35.5 Å². The molecule has 2 rings (SSSR count). The second-order valence-electron chi connectivity index (χ2n) is 5.01. The molecule has 0 bridgehead atoms. The first-order valence-electron chi connectivity index (χ1n) is 7.32. The first-order chi connectivity index (χ1) is 11.6. The van der Waals surface area contributed by atoms with Crippen molar-refractivity contribution in [1.82, 2.24) is 5.32 Å². The maximum absolute atomic E-state index is 11.8. The molecule has 0 fully saturated rings. The van der Waals surface area contributed by atoms with Crippen LogP contribution < -0.4 is 16.4 Å². The Morgan fingerprint density at radius 2 is 1.75 bits per heavy atom. The van der Waals surface area contributed by atoms with Crippen molar-refractivity contribution in [3.63, 3.8) is 0 Å². The van der Waals surface area contributed by atoms with Gasteiger partial charge < -0.3 is 16.4 Å². The number of urea groups is 1. The largest absolute Gasteiger partial charge is 0.351 e. The van der Waals surface area contributed by atoms with Crippen molar-refractivity contribution < 1.29 is 9.59 Å². The standard InChI is InChI=1S/C18H19N3O2S/c1-24-16-9-4-13(5-10-16)6-11-17(22)20-12-14-2-7-15(8-3-14)21-18(19)23/h2-11H,12H2,1H3,(H,20,22)(H3,19,21,23)/b11-6+. The second kappa shape index (κ2) is 8.79. The van der Waals surface area contributed by atoms with Gasteiger partial charge in [0.05, 0.1) is 0 Å². The van der Waals surface area contributed by atoms with E-state index in [2.05, 4.69) is 10.6 Å². The van der Waals surface area contributed by atoms with E-state index in [1.54, 1.807) is 30.0 Å². The Bertz CT molecular complexity index is 725. The number of hydrogen-bond acceptors (Lipinski definition) is 3. The van der Waals surface area contributed by atoms with Crippen LogP contribution in [-0.2, 0) is 11.3 Å². The van der Waals surface area contributed by atoms with Gasteiger partial charge in [-0.15, -0.1) is 11.8 Å². The Morgan fingerprint density at radius 1 is 1.08 bits per heavy atom. The molecule has 0 radical (unpaired) electrons. The van der Waals surface area contributed by atoms with Crippen LogP contribution in [0.25, 0.3) is 6.08 Å². The maximum atomic E-state index is 11.8. The lowest BCUT2D eigenvalue weighted by molar-refractivity contribution is -0.116. The fourth-order valence-electron chi connectivity index (χ4n) is 1.98. The number of carbonyl (C=O) groups is 2. The van der Waals surface area contributed by atoms with Gasteiger partial charge in [-0.25, -0.2) is 4.79 Å². The third-order valence-electron chi connectivity index (χ3n) is 3.23. The van der Waals surface area contributed by atoms with Crippen LogP contribution >= 0.6 is 11.8 Å². The lowest BCUT2D eigenvalue weighted by atomic mass is 10.2. The van der Waals surface area contributed by atoms with Gasteiger partial charge in [0.1, 0.15) is 0 Å². The Kier molecular flexibility index (Phi) is 6.45. The summed E-state index contributed by atoms with van der Waals surface area (Å²) < 4.78 is 0. The molecule has 2 aromatic carbocycles. The second-order valence-corrected chi connectivity index (χ2v) is 5.89. The van der Waals surface area contributed by atoms with Crippen LogP contribution in [0.3, 0.4) is 0 Å². The summed E-state index contributed by atoms with van der Waals surface area (Å²) in [7, 11) is 0. The van der Waals surface area contributed by atoms with Crippen LogP contribution in [0, 0.1) is 0 Å². The summed E-state index contributed by atoms with van der Waals surface area (Å²) in [6.07, 6.45) is 5.31. The number of thioether (sulfide) groups is 1. The van der Waals surface area contributed by atoms with Crippen LogP contribution in [0.15, 0.2) is 59.5 Å². The highest BCUT2D eigenvalue weighted by molar-refractivity contribution is 7.98. The van der Waals surface area contributed by atoms with Crippen LogP contribution in [0.5, 0.6) is 0 Å². The summed E-state index contributed by atoms with van der Waals surface area (Å²) in [6.45, 7) is 0.408. The average molecular weight is 341 g/mol. The molecular formula is C18H19N3O2S. The number of rotatable bonds is 6. The number of anilines is 1. The summed E-state index contributed by atoms with van der Waals surface area (Å²) in [5.41, 5.74) is 7.56. The molecule has 24 heavy (non-hydrogen) atoms. The lowest BCUT2D eigenvalue weighted by Crippen LogP contribution is -2.20. The van der Waals surface area contributed by atoms with E-state index in [1.807, 2.05) is 42.7 Å². The third kappa shape index (κ3) is 5.81. The fraction of sp³-hybridized carbons (Fsp3) is 0.111. The molecule has 2 aromatic rings. The third-order valence-corrected chi connectivity index (χ3v) is 3.97. The van der Waals surface area contributed by atoms with E-state index in [0.717, 1.165) is 11.1 Å². The fourth-order valence-corrected chi connectivity index (χ4v) is 2.39. The van der Waals surface area contributed by atoms with Gasteiger partial charge in [0, 0.05) is 23.2 Å². The van der Waals surface area contributed by atoms with Crippen molar-refractivity contribution in [2.75, 3.05) is 11.6 Å². The summed E-state index contributed by atoms with van der Waals surface area (Å²) in [6, 6.07) is 14.5. The normalized spacial score (nSPS) is 10.5. The number of carbonyl (C=O) groups excluding carboxylic acids is 2. The van der Waals surface area contributed by atoms with Crippen molar-refractivity contribution in [1.29, 1.82) is 0 Å². The maximum Gasteiger partial charge on any atom is 0.316 e. The molecule has 3 amide bonds. The Morgan fingerprint density at radius 3 is 2.33 bits per heavy atom. The number of primary amides is 1. The molecule has 4 N–H and O–H groups in total. The van der Waals surface area contributed by atoms with E-state index in [-0.39, 0.29) is 5.91 Å². The molecule has 0 aliphatic heterocycles. The topological polar surface area (TPSA) is 84.2 Å². The van der Waals surface area contributed by atoms with Gasteiger partial charge in [0.25, 0.3) is 0 Å². The molecule has 0 aliphatic rings. The van der Waals surface area contributed by atoms with Gasteiger partial charge in [0.2, 0.25) is 5.91 Å². The molecule has 0 heterocycles. The smallest absolute Gasteiger partial charge is 0.316 e. The highest BCUT2D eigenvalue weighted by Crippen LogP contribution is 2.15. The highest BCUT2D eigenvalue weighted by atomic mass is 32.2. The van der Waals surface area contributed by atoms with Crippen LogP contribution in [-0.4, -0.2) is 18.2 Å². The summed E-state index contributed by atoms with van der Waals surface area (Å²) >= 11 is 1.68. The quantitative estimate of drug-likeness (QED) is 0.557. The van der Waals surface area contributed by atoms with Crippen LogP contribution in [0.4, 0.5) is 10.5 Å². The number of nitrogens with two attached hydrogens (primary N) is 1. The van der Waals surface area contributed by atoms with Crippen molar-refractivity contribution in [2.45, 2.75) is 11.4 Å². The van der Waals surface area contributed by atoms with E-state index >= 15 is 0 Å². The predicted molar refractivity (Wildman–Crippen MR) is 98.8 cm³/mol. The molecule has 0 spiro atoms. The molecule has 0 saturated carbocycles. The van der Waals surface area contributed by atoms with E-state index in [1.165, 1.54) is 11.0 Å². The number of nitrogens with one attached hydrogen (secondary N) is 2. The first kappa shape index (κ1) is 17.6. The van der Waals surface area contributed by atoms with Gasteiger partial charge in [0.15, 0.2) is 0 Å². The zero-order valence-corrected chi connectivity index (χ0v) is 14.1. The number of hydrogen-bond donors (Lipinski definition) is 3. The predicted octanol–water partition coefficient (Wildman–Crippen LogP) is 3.23. The lowest BCUT2D eigenvalue weighted by Gasteiger charge is -2.05. The molecule has 0 aromatic heterocycles. The molecule has 0 aliphatic carbocycles. The Balaban J connectivity index is 1.83. The molecule has 124 valence electrons. The first-order valence-corrected chi connectivity index (χ1v) is 8.54. The molecule has 0 saturated heterocycles. The SMILES string of the molecule is CSc1ccc(/C=C/C(=O)NCc2ccc(NC(N)=O)cc2)cc1. The minimum absolute atomic E-state index is 0.164. The van der Waals surface area contributed by atoms with Gasteiger partial charge in [-0.3, -0.25) is 4.79 Å². The summed E-state index contributed by atoms with van der Waals surface area (Å²) in [5, 5.41) is 5.29. The van der Waals surface area contributed by atoms with E-state index in [0.29, 0.717) is 12.2 Å². The highest BCUT2D eigenvalue weighted by Gasteiger charge is 1.99. The van der Waals surface area contributed by atoms with Gasteiger partial charge >= 0.3 is 6.03 Å². The number of amides is 3. The van der Waals surface area contributed by atoms with Crippen molar-refractivity contribution in [3.8, 4) is 0 Å². The number of benzene rings is 2. The molecule has 6 heteroatoms. The van der Waals surface area contributed by atoms with E-state index in [4.69, 9.17) is 5.73 Å². The molecular weight excluding hydrogens is 322 g/mol. The molecule has 0 atom stereocenters. The zero-order chi connectivity index (χ0) is 17.4. The van der Waals surface area contributed by atoms with Gasteiger partial charge in [-0.1, -0.05) is 24.3 Å². The Hall–Kier alpha value is -2.73. The van der Waals surface area contributed by atoms with Crippen LogP contribution in [0.1, 0.15) is 11.1 Å². The summed E-state index contributed by atoms with van der Waals surface area (Å²) in [5.74, 6) is -0.164. The van der Waals surface area contributed by atoms with E-state index in [9.17, 15) is 9.59 Å². The van der Waals surface area contributed by atoms with Gasteiger partial charge in [-0.05, 0) is 47.7 Å². The minimum Gasteiger partial charge on any atom is -0.351 e.